The van der Waals surface area contributed by atoms with Gasteiger partial charge in [-0.3, -0.25) is 9.10 Å². The summed E-state index contributed by atoms with van der Waals surface area (Å²) in [5.74, 6) is -1.15. The third-order valence-corrected chi connectivity index (χ3v) is 6.32. The Morgan fingerprint density at radius 1 is 1.28 bits per heavy atom. The normalized spacial score (nSPS) is 16.6. The summed E-state index contributed by atoms with van der Waals surface area (Å²) in [6.45, 7) is 1.71. The van der Waals surface area contributed by atoms with Crippen molar-refractivity contribution in [3.8, 4) is 0 Å². The van der Waals surface area contributed by atoms with Crippen LogP contribution in [0.1, 0.15) is 23.5 Å². The first kappa shape index (κ1) is 17.4. The van der Waals surface area contributed by atoms with Crippen molar-refractivity contribution in [2.75, 3.05) is 18.0 Å². The Morgan fingerprint density at radius 2 is 2.00 bits per heavy atom. The molecule has 1 aliphatic heterocycles. The predicted octanol–water partition coefficient (Wildman–Crippen LogP) is 2.99. The van der Waals surface area contributed by atoms with Crippen molar-refractivity contribution in [2.24, 2.45) is 0 Å². The van der Waals surface area contributed by atoms with E-state index in [9.17, 15) is 17.6 Å². The Kier molecular flexibility index (Phi) is 4.51. The van der Waals surface area contributed by atoms with E-state index in [0.29, 0.717) is 11.3 Å². The fourth-order valence-electron chi connectivity index (χ4n) is 3.16. The second-order valence-corrected chi connectivity index (χ2v) is 7.81. The van der Waals surface area contributed by atoms with E-state index in [2.05, 4.69) is 0 Å². The minimum atomic E-state index is -3.86. The average molecular weight is 363 g/mol. The van der Waals surface area contributed by atoms with Gasteiger partial charge in [0.15, 0.2) is 0 Å². The number of methoxy groups -OCH3 is 1. The number of rotatable bonds is 4. The van der Waals surface area contributed by atoms with Crippen molar-refractivity contribution in [1.82, 2.24) is 0 Å². The minimum Gasteiger partial charge on any atom is -0.469 e. The van der Waals surface area contributed by atoms with Gasteiger partial charge < -0.3 is 4.74 Å². The van der Waals surface area contributed by atoms with Crippen LogP contribution in [0.25, 0.3) is 0 Å². The lowest BCUT2D eigenvalue weighted by Gasteiger charge is -2.21. The molecule has 132 valence electrons. The lowest BCUT2D eigenvalue weighted by atomic mass is 9.98. The number of carbonyl (C=O) groups is 1. The molecule has 1 heterocycles. The molecular weight excluding hydrogens is 345 g/mol. The van der Waals surface area contributed by atoms with Crippen LogP contribution < -0.4 is 4.31 Å². The topological polar surface area (TPSA) is 63.7 Å². The van der Waals surface area contributed by atoms with E-state index >= 15 is 0 Å². The molecule has 0 fully saturated rings. The van der Waals surface area contributed by atoms with Gasteiger partial charge in [-0.05, 0) is 42.3 Å². The highest BCUT2D eigenvalue weighted by Gasteiger charge is 2.37. The zero-order chi connectivity index (χ0) is 18.2. The highest BCUT2D eigenvalue weighted by Crippen LogP contribution is 2.41. The monoisotopic (exact) mass is 363 g/mol. The van der Waals surface area contributed by atoms with Crippen molar-refractivity contribution >= 4 is 21.7 Å². The molecule has 1 atom stereocenters. The Hall–Kier alpha value is -2.41. The van der Waals surface area contributed by atoms with E-state index < -0.39 is 21.8 Å². The number of hydrogen-bond acceptors (Lipinski definition) is 4. The second kappa shape index (κ2) is 6.48. The summed E-state index contributed by atoms with van der Waals surface area (Å²) >= 11 is 0. The number of hydrogen-bond donors (Lipinski definition) is 0. The van der Waals surface area contributed by atoms with Crippen LogP contribution >= 0.6 is 0 Å². The molecule has 0 aliphatic carbocycles. The van der Waals surface area contributed by atoms with Gasteiger partial charge in [-0.25, -0.2) is 12.8 Å². The van der Waals surface area contributed by atoms with Gasteiger partial charge in [0, 0.05) is 12.5 Å². The van der Waals surface area contributed by atoms with E-state index in [0.717, 1.165) is 11.6 Å². The number of sulfonamides is 1. The summed E-state index contributed by atoms with van der Waals surface area (Å²) in [4.78, 5) is 11.7. The van der Waals surface area contributed by atoms with E-state index in [1.54, 1.807) is 19.1 Å². The molecule has 0 N–H and O–H groups in total. The summed E-state index contributed by atoms with van der Waals surface area (Å²) < 4.78 is 45.6. The first-order valence-corrected chi connectivity index (χ1v) is 9.23. The molecule has 1 unspecified atom stereocenters. The van der Waals surface area contributed by atoms with E-state index in [1.165, 1.54) is 23.5 Å². The summed E-state index contributed by atoms with van der Waals surface area (Å²) in [6, 6.07) is 10.7. The lowest BCUT2D eigenvalue weighted by molar-refractivity contribution is -0.140. The minimum absolute atomic E-state index is 0.0578. The van der Waals surface area contributed by atoms with Gasteiger partial charge in [0.05, 0.1) is 24.1 Å². The molecule has 5 nitrogen and oxygen atoms in total. The van der Waals surface area contributed by atoms with Crippen LogP contribution in [0.2, 0.25) is 0 Å². The number of nitrogens with zero attached hydrogens (tertiary/aromatic N) is 1. The molecule has 0 amide bonds. The number of halogens is 1. The maximum absolute atomic E-state index is 13.3. The Morgan fingerprint density at radius 3 is 2.68 bits per heavy atom. The number of ether oxygens (including phenoxy) is 1. The largest absolute Gasteiger partial charge is 0.469 e. The van der Waals surface area contributed by atoms with E-state index in [-0.39, 0.29) is 23.8 Å². The van der Waals surface area contributed by atoms with Crippen LogP contribution in [0, 0.1) is 12.7 Å². The zero-order valence-electron chi connectivity index (χ0n) is 13.9. The number of esters is 1. The van der Waals surface area contributed by atoms with Crippen LogP contribution in [-0.2, 0) is 19.6 Å². The zero-order valence-corrected chi connectivity index (χ0v) is 14.7. The fourth-order valence-corrected chi connectivity index (χ4v) is 4.91. The Bertz CT molecular complexity index is 926. The number of benzene rings is 2. The predicted molar refractivity (Wildman–Crippen MR) is 91.5 cm³/mol. The van der Waals surface area contributed by atoms with Crippen molar-refractivity contribution < 1.29 is 22.3 Å². The van der Waals surface area contributed by atoms with Crippen LogP contribution in [0.5, 0.6) is 0 Å². The molecule has 0 radical (unpaired) electrons. The third kappa shape index (κ3) is 3.11. The van der Waals surface area contributed by atoms with Crippen molar-refractivity contribution in [3.05, 3.63) is 59.4 Å². The molecule has 0 aromatic heterocycles. The van der Waals surface area contributed by atoms with Crippen molar-refractivity contribution in [3.63, 3.8) is 0 Å². The summed E-state index contributed by atoms with van der Waals surface area (Å²) in [7, 11) is -2.56. The van der Waals surface area contributed by atoms with Gasteiger partial charge in [0.1, 0.15) is 5.82 Å². The van der Waals surface area contributed by atoms with Gasteiger partial charge in [-0.2, -0.15) is 0 Å². The fraction of sp³-hybridized carbons (Fsp3) is 0.278. The van der Waals surface area contributed by atoms with Crippen molar-refractivity contribution in [1.29, 1.82) is 0 Å². The molecule has 25 heavy (non-hydrogen) atoms. The first-order valence-electron chi connectivity index (χ1n) is 7.79. The standard InChI is InChI=1S/C18H18FNO4S/c1-12-9-14(19)7-8-17(12)25(22,23)20-11-13(10-18(21)24-2)15-5-3-4-6-16(15)20/h3-9,13H,10-11H2,1-2H3. The van der Waals surface area contributed by atoms with Gasteiger partial charge in [-0.1, -0.05) is 18.2 Å². The molecular formula is C18H18FNO4S. The maximum atomic E-state index is 13.3. The number of fused-ring (bicyclic) bond motifs is 1. The number of carbonyl (C=O) groups excluding carboxylic acids is 1. The Balaban J connectivity index is 2.04. The second-order valence-electron chi connectivity index (χ2n) is 5.98. The van der Waals surface area contributed by atoms with Crippen LogP contribution in [-0.4, -0.2) is 28.0 Å². The molecule has 2 aromatic rings. The molecule has 0 saturated heterocycles. The van der Waals surface area contributed by atoms with Crippen molar-refractivity contribution in [2.45, 2.75) is 24.2 Å². The summed E-state index contributed by atoms with van der Waals surface area (Å²) in [5.41, 5.74) is 1.67. The van der Waals surface area contributed by atoms with Crippen LogP contribution in [0.3, 0.4) is 0 Å². The maximum Gasteiger partial charge on any atom is 0.306 e. The molecule has 0 saturated carbocycles. The SMILES string of the molecule is COC(=O)CC1CN(S(=O)(=O)c2ccc(F)cc2C)c2ccccc21. The van der Waals surface area contributed by atoms with E-state index in [4.69, 9.17) is 4.74 Å². The van der Waals surface area contributed by atoms with Crippen LogP contribution in [0.4, 0.5) is 10.1 Å². The number of aryl methyl sites for hydroxylation is 1. The van der Waals surface area contributed by atoms with Gasteiger partial charge in [-0.15, -0.1) is 0 Å². The molecule has 0 bridgehead atoms. The highest BCUT2D eigenvalue weighted by molar-refractivity contribution is 7.93. The molecule has 1 aliphatic rings. The third-order valence-electron chi connectivity index (χ3n) is 4.38. The molecule has 0 spiro atoms. The summed E-state index contributed by atoms with van der Waals surface area (Å²) in [6.07, 6.45) is 0.0991. The molecule has 2 aromatic carbocycles. The number of anilines is 1. The van der Waals surface area contributed by atoms with Gasteiger partial charge in [0.2, 0.25) is 0 Å². The number of para-hydroxylation sites is 1. The lowest BCUT2D eigenvalue weighted by Crippen LogP contribution is -2.31. The highest BCUT2D eigenvalue weighted by atomic mass is 32.2. The molecule has 3 rings (SSSR count). The first-order chi connectivity index (χ1) is 11.8. The van der Waals surface area contributed by atoms with Crippen LogP contribution in [0.15, 0.2) is 47.4 Å². The van der Waals surface area contributed by atoms with E-state index in [1.807, 2.05) is 12.1 Å². The Labute approximate surface area is 146 Å². The van der Waals surface area contributed by atoms with Gasteiger partial charge >= 0.3 is 5.97 Å². The summed E-state index contributed by atoms with van der Waals surface area (Å²) in [5, 5.41) is 0. The van der Waals surface area contributed by atoms with Gasteiger partial charge in [0.25, 0.3) is 10.0 Å². The smallest absolute Gasteiger partial charge is 0.306 e. The quantitative estimate of drug-likeness (QED) is 0.784. The molecule has 7 heteroatoms. The average Bonchev–Trinajstić information content (AvgIpc) is 2.94.